The second kappa shape index (κ2) is 4.19. The van der Waals surface area contributed by atoms with Crippen LogP contribution in [-0.2, 0) is 0 Å². The van der Waals surface area contributed by atoms with Gasteiger partial charge in [-0.15, -0.1) is 0 Å². The maximum Gasteiger partial charge on any atom is 0.231 e. The molecule has 0 saturated heterocycles. The van der Waals surface area contributed by atoms with Crippen LogP contribution in [-0.4, -0.2) is 42.8 Å². The van der Waals surface area contributed by atoms with Gasteiger partial charge in [0.15, 0.2) is 0 Å². The molecule has 0 saturated carbocycles. The van der Waals surface area contributed by atoms with Crippen molar-refractivity contribution in [3.8, 4) is 0 Å². The molecule has 14 heavy (non-hydrogen) atoms. The molecule has 0 radical (unpaired) electrons. The van der Waals surface area contributed by atoms with Crippen LogP contribution in [0.25, 0.3) is 0 Å². The molecule has 0 aliphatic heterocycles. The van der Waals surface area contributed by atoms with E-state index in [2.05, 4.69) is 15.0 Å². The predicted octanol–water partition coefficient (Wildman–Crippen LogP) is -0.402. The number of aryl methyl sites for hydroxylation is 1. The highest BCUT2D eigenvalue weighted by molar-refractivity contribution is 5.36. The highest BCUT2D eigenvalue weighted by Crippen LogP contribution is 2.09. The van der Waals surface area contributed by atoms with Crippen LogP contribution in [0.3, 0.4) is 0 Å². The zero-order valence-electron chi connectivity index (χ0n) is 9.02. The summed E-state index contributed by atoms with van der Waals surface area (Å²) in [4.78, 5) is 16.2. The van der Waals surface area contributed by atoms with Gasteiger partial charge in [-0.1, -0.05) is 0 Å². The van der Waals surface area contributed by atoms with Crippen molar-refractivity contribution in [3.05, 3.63) is 5.82 Å². The maximum absolute atomic E-state index is 5.49. The van der Waals surface area contributed by atoms with Gasteiger partial charge in [-0.3, -0.25) is 0 Å². The van der Waals surface area contributed by atoms with E-state index < -0.39 is 0 Å². The molecule has 0 fully saturated rings. The average molecular weight is 196 g/mol. The topological polar surface area (TPSA) is 71.2 Å². The summed E-state index contributed by atoms with van der Waals surface area (Å²) in [5.41, 5.74) is 5.49. The third kappa shape index (κ3) is 2.29. The molecule has 6 heteroatoms. The molecule has 1 aromatic heterocycles. The lowest BCUT2D eigenvalue weighted by Gasteiger charge is -2.17. The van der Waals surface area contributed by atoms with Gasteiger partial charge >= 0.3 is 0 Å². The molecular formula is C8H16N6. The molecule has 0 aliphatic rings. The minimum atomic E-state index is 0.385. The van der Waals surface area contributed by atoms with E-state index in [1.807, 2.05) is 33.0 Å². The lowest BCUT2D eigenvalue weighted by atomic mass is 10.6. The second-order valence-electron chi connectivity index (χ2n) is 3.26. The molecule has 0 atom stereocenters. The summed E-state index contributed by atoms with van der Waals surface area (Å²) in [6, 6.07) is 0. The van der Waals surface area contributed by atoms with Crippen LogP contribution in [0.1, 0.15) is 5.82 Å². The first-order valence-corrected chi connectivity index (χ1v) is 4.35. The number of aromatic nitrogens is 3. The maximum atomic E-state index is 5.49. The number of hydrogen-bond acceptors (Lipinski definition) is 6. The summed E-state index contributed by atoms with van der Waals surface area (Å²) in [5.74, 6) is 1.94. The van der Waals surface area contributed by atoms with Gasteiger partial charge in [0, 0.05) is 21.1 Å². The molecule has 0 spiro atoms. The average Bonchev–Trinajstić information content (AvgIpc) is 2.15. The lowest BCUT2D eigenvalue weighted by Crippen LogP contribution is -2.28. The van der Waals surface area contributed by atoms with Crippen molar-refractivity contribution in [2.24, 2.45) is 5.73 Å². The Labute approximate surface area is 83.8 Å². The van der Waals surface area contributed by atoms with E-state index in [9.17, 15) is 0 Å². The van der Waals surface area contributed by atoms with E-state index in [1.165, 1.54) is 0 Å². The van der Waals surface area contributed by atoms with E-state index >= 15 is 0 Å². The molecule has 0 amide bonds. The van der Waals surface area contributed by atoms with Crippen LogP contribution in [0, 0.1) is 6.92 Å². The van der Waals surface area contributed by atoms with Crippen molar-refractivity contribution < 1.29 is 0 Å². The van der Waals surface area contributed by atoms with Crippen LogP contribution in [0.5, 0.6) is 0 Å². The molecule has 78 valence electrons. The first-order chi connectivity index (χ1) is 6.54. The van der Waals surface area contributed by atoms with E-state index in [4.69, 9.17) is 5.73 Å². The molecule has 0 aromatic carbocycles. The number of nitrogens with two attached hydrogens (primary N) is 1. The van der Waals surface area contributed by atoms with Crippen molar-refractivity contribution in [3.63, 3.8) is 0 Å². The van der Waals surface area contributed by atoms with Gasteiger partial charge in [0.1, 0.15) is 5.82 Å². The normalized spacial score (nSPS) is 10.1. The first-order valence-electron chi connectivity index (χ1n) is 4.35. The third-order valence-corrected chi connectivity index (χ3v) is 1.74. The third-order valence-electron chi connectivity index (χ3n) is 1.74. The number of hydrogen-bond donors (Lipinski definition) is 1. The smallest absolute Gasteiger partial charge is 0.231 e. The van der Waals surface area contributed by atoms with Crippen LogP contribution in [0.2, 0.25) is 0 Å². The van der Waals surface area contributed by atoms with Gasteiger partial charge in [0.25, 0.3) is 0 Å². The summed E-state index contributed by atoms with van der Waals surface area (Å²) >= 11 is 0. The van der Waals surface area contributed by atoms with E-state index in [-0.39, 0.29) is 0 Å². The fourth-order valence-electron chi connectivity index (χ4n) is 0.906. The summed E-state index contributed by atoms with van der Waals surface area (Å²) in [5, 5.41) is 0. The summed E-state index contributed by atoms with van der Waals surface area (Å²) in [6.07, 6.45) is 0. The van der Waals surface area contributed by atoms with Crippen molar-refractivity contribution in [2.75, 3.05) is 37.6 Å². The SMILES string of the molecule is Cc1nc(N(C)C)nc(N(C)CN)n1. The van der Waals surface area contributed by atoms with Crippen molar-refractivity contribution >= 4 is 11.9 Å². The van der Waals surface area contributed by atoms with Crippen molar-refractivity contribution in [1.82, 2.24) is 15.0 Å². The van der Waals surface area contributed by atoms with E-state index in [0.717, 1.165) is 0 Å². The number of nitrogens with zero attached hydrogens (tertiary/aromatic N) is 5. The Morgan fingerprint density at radius 1 is 1.07 bits per heavy atom. The van der Waals surface area contributed by atoms with Crippen molar-refractivity contribution in [2.45, 2.75) is 6.92 Å². The molecule has 2 N–H and O–H groups in total. The van der Waals surface area contributed by atoms with Gasteiger partial charge in [-0.2, -0.15) is 15.0 Å². The number of anilines is 2. The molecule has 0 unspecified atom stereocenters. The van der Waals surface area contributed by atoms with Crippen LogP contribution >= 0.6 is 0 Å². The largest absolute Gasteiger partial charge is 0.347 e. The molecule has 1 rings (SSSR count). The highest BCUT2D eigenvalue weighted by atomic mass is 15.3. The Balaban J connectivity index is 3.07. The molecule has 1 heterocycles. The van der Waals surface area contributed by atoms with Crippen LogP contribution in [0.4, 0.5) is 11.9 Å². The van der Waals surface area contributed by atoms with Crippen LogP contribution < -0.4 is 15.5 Å². The van der Waals surface area contributed by atoms with Gasteiger partial charge in [-0.05, 0) is 6.92 Å². The van der Waals surface area contributed by atoms with Crippen LogP contribution in [0.15, 0.2) is 0 Å². The standard InChI is InChI=1S/C8H16N6/c1-6-10-7(13(2)3)12-8(11-6)14(4)5-9/h5,9H2,1-4H3. The molecule has 0 aliphatic carbocycles. The second-order valence-corrected chi connectivity index (χ2v) is 3.26. The molecule has 0 bridgehead atoms. The number of rotatable bonds is 3. The molecule has 6 nitrogen and oxygen atoms in total. The molecular weight excluding hydrogens is 180 g/mol. The zero-order chi connectivity index (χ0) is 10.7. The fourth-order valence-corrected chi connectivity index (χ4v) is 0.906. The summed E-state index contributed by atoms with van der Waals surface area (Å²) in [7, 11) is 5.62. The predicted molar refractivity (Wildman–Crippen MR) is 56.3 cm³/mol. The Morgan fingerprint density at radius 2 is 1.64 bits per heavy atom. The Morgan fingerprint density at radius 3 is 2.14 bits per heavy atom. The minimum absolute atomic E-state index is 0.385. The van der Waals surface area contributed by atoms with Crippen molar-refractivity contribution in [1.29, 1.82) is 0 Å². The van der Waals surface area contributed by atoms with Gasteiger partial charge in [-0.25, -0.2) is 0 Å². The highest BCUT2D eigenvalue weighted by Gasteiger charge is 2.07. The Bertz CT molecular complexity index is 311. The van der Waals surface area contributed by atoms with Gasteiger partial charge in [0.05, 0.1) is 6.67 Å². The van der Waals surface area contributed by atoms with Gasteiger partial charge in [0.2, 0.25) is 11.9 Å². The zero-order valence-corrected chi connectivity index (χ0v) is 9.02. The first kappa shape index (κ1) is 10.6. The Hall–Kier alpha value is -1.43. The monoisotopic (exact) mass is 196 g/mol. The quantitative estimate of drug-likeness (QED) is 0.663. The fraction of sp³-hybridized carbons (Fsp3) is 0.625. The summed E-state index contributed by atoms with van der Waals surface area (Å²) < 4.78 is 0. The van der Waals surface area contributed by atoms with Gasteiger partial charge < -0.3 is 15.5 Å². The van der Waals surface area contributed by atoms with E-state index in [0.29, 0.717) is 24.4 Å². The minimum Gasteiger partial charge on any atom is -0.347 e. The molecule has 1 aromatic rings. The Kier molecular flexibility index (Phi) is 3.19. The summed E-state index contributed by atoms with van der Waals surface area (Å²) in [6.45, 7) is 2.22. The van der Waals surface area contributed by atoms with E-state index in [1.54, 1.807) is 4.90 Å². The lowest BCUT2D eigenvalue weighted by molar-refractivity contribution is 0.833.